The fourth-order valence-corrected chi connectivity index (χ4v) is 2.64. The monoisotopic (exact) mass is 289 g/mol. The molecule has 0 spiro atoms. The minimum Gasteiger partial charge on any atom is -0.296 e. The first-order valence-corrected chi connectivity index (χ1v) is 6.70. The van der Waals surface area contributed by atoms with Crippen LogP contribution in [0.3, 0.4) is 0 Å². The van der Waals surface area contributed by atoms with Crippen molar-refractivity contribution in [3.05, 3.63) is 34.6 Å². The van der Waals surface area contributed by atoms with Crippen LogP contribution in [0.4, 0.5) is 0 Å². The molecule has 2 aromatic rings. The SMILES string of the molecule is Cc1nc2ccc(Cl)nc2cc1C1CCC(=O)NC1=O. The molecule has 0 saturated carbocycles. The Hall–Kier alpha value is -2.01. The van der Waals surface area contributed by atoms with Crippen molar-refractivity contribution in [2.75, 3.05) is 0 Å². The number of pyridine rings is 2. The smallest absolute Gasteiger partial charge is 0.234 e. The first-order chi connectivity index (χ1) is 9.54. The van der Waals surface area contributed by atoms with Gasteiger partial charge in [-0.25, -0.2) is 4.98 Å². The summed E-state index contributed by atoms with van der Waals surface area (Å²) >= 11 is 5.88. The van der Waals surface area contributed by atoms with E-state index in [-0.39, 0.29) is 17.7 Å². The predicted molar refractivity (Wildman–Crippen MR) is 74.4 cm³/mol. The topological polar surface area (TPSA) is 72.0 Å². The van der Waals surface area contributed by atoms with Gasteiger partial charge in [-0.2, -0.15) is 0 Å². The summed E-state index contributed by atoms with van der Waals surface area (Å²) in [5.74, 6) is -0.850. The summed E-state index contributed by atoms with van der Waals surface area (Å²) in [6, 6.07) is 5.32. The molecule has 0 aromatic carbocycles. The van der Waals surface area contributed by atoms with Crippen LogP contribution in [0.2, 0.25) is 5.15 Å². The Kier molecular flexibility index (Phi) is 3.14. The first kappa shape index (κ1) is 13.0. The van der Waals surface area contributed by atoms with Crippen LogP contribution in [0.5, 0.6) is 0 Å². The molecular formula is C14H12ClN3O2. The second-order valence-electron chi connectivity index (χ2n) is 4.84. The van der Waals surface area contributed by atoms with Gasteiger partial charge >= 0.3 is 0 Å². The van der Waals surface area contributed by atoms with Crippen molar-refractivity contribution in [1.82, 2.24) is 15.3 Å². The highest BCUT2D eigenvalue weighted by atomic mass is 35.5. The maximum Gasteiger partial charge on any atom is 0.234 e. The number of aromatic nitrogens is 2. The number of amides is 2. The Bertz CT molecular complexity index is 730. The quantitative estimate of drug-likeness (QED) is 0.645. The second kappa shape index (κ2) is 4.83. The standard InChI is InChI=1S/C14H12ClN3O2/c1-7-9(8-2-5-13(19)18-14(8)20)6-11-10(16-7)3-4-12(15)17-11/h3-4,6,8H,2,5H2,1H3,(H,18,19,20). The van der Waals surface area contributed by atoms with E-state index in [4.69, 9.17) is 11.6 Å². The van der Waals surface area contributed by atoms with Gasteiger partial charge < -0.3 is 0 Å². The Balaban J connectivity index is 2.08. The third-order valence-electron chi connectivity index (χ3n) is 3.48. The summed E-state index contributed by atoms with van der Waals surface area (Å²) in [6.07, 6.45) is 0.843. The van der Waals surface area contributed by atoms with Gasteiger partial charge in [-0.05, 0) is 37.1 Å². The Labute approximate surface area is 120 Å². The van der Waals surface area contributed by atoms with E-state index in [1.165, 1.54) is 0 Å². The summed E-state index contributed by atoms with van der Waals surface area (Å²) in [5.41, 5.74) is 2.97. The fraction of sp³-hybridized carbons (Fsp3) is 0.286. The van der Waals surface area contributed by atoms with Crippen molar-refractivity contribution in [3.63, 3.8) is 0 Å². The molecule has 1 fully saturated rings. The zero-order chi connectivity index (χ0) is 14.3. The van der Waals surface area contributed by atoms with E-state index in [0.717, 1.165) is 16.8 Å². The molecule has 1 aliphatic rings. The van der Waals surface area contributed by atoms with Crippen molar-refractivity contribution in [3.8, 4) is 0 Å². The van der Waals surface area contributed by atoms with Crippen LogP contribution in [0.25, 0.3) is 11.0 Å². The molecule has 0 bridgehead atoms. The highest BCUT2D eigenvalue weighted by molar-refractivity contribution is 6.29. The average molecular weight is 290 g/mol. The van der Waals surface area contributed by atoms with E-state index in [0.29, 0.717) is 23.5 Å². The van der Waals surface area contributed by atoms with Crippen LogP contribution < -0.4 is 5.32 Å². The molecule has 1 atom stereocenters. The van der Waals surface area contributed by atoms with Crippen LogP contribution in [0, 0.1) is 6.92 Å². The number of piperidine rings is 1. The van der Waals surface area contributed by atoms with Crippen molar-refractivity contribution < 1.29 is 9.59 Å². The number of hydrogen-bond donors (Lipinski definition) is 1. The summed E-state index contributed by atoms with van der Waals surface area (Å²) in [6.45, 7) is 1.85. The van der Waals surface area contributed by atoms with Crippen LogP contribution in [0.1, 0.15) is 30.0 Å². The van der Waals surface area contributed by atoms with Crippen molar-refractivity contribution in [2.24, 2.45) is 0 Å². The zero-order valence-corrected chi connectivity index (χ0v) is 11.6. The third kappa shape index (κ3) is 2.25. The summed E-state index contributed by atoms with van der Waals surface area (Å²) in [7, 11) is 0. The van der Waals surface area contributed by atoms with Gasteiger partial charge in [0.15, 0.2) is 0 Å². The molecule has 6 heteroatoms. The van der Waals surface area contributed by atoms with E-state index >= 15 is 0 Å². The molecule has 3 rings (SSSR count). The number of nitrogens with one attached hydrogen (secondary N) is 1. The number of nitrogens with zero attached hydrogens (tertiary/aromatic N) is 2. The van der Waals surface area contributed by atoms with Gasteiger partial charge in [-0.1, -0.05) is 11.6 Å². The summed E-state index contributed by atoms with van der Waals surface area (Å²) < 4.78 is 0. The fourth-order valence-electron chi connectivity index (χ4n) is 2.48. The molecule has 1 saturated heterocycles. The van der Waals surface area contributed by atoms with Gasteiger partial charge in [0.2, 0.25) is 11.8 Å². The number of aryl methyl sites for hydroxylation is 1. The Morgan fingerprint density at radius 1 is 1.25 bits per heavy atom. The van der Waals surface area contributed by atoms with E-state index in [1.807, 2.05) is 13.0 Å². The molecule has 3 heterocycles. The first-order valence-electron chi connectivity index (χ1n) is 6.32. The van der Waals surface area contributed by atoms with Gasteiger partial charge in [0.05, 0.1) is 17.0 Å². The molecule has 1 aliphatic heterocycles. The van der Waals surface area contributed by atoms with Gasteiger partial charge in [-0.15, -0.1) is 0 Å². The highest BCUT2D eigenvalue weighted by Crippen LogP contribution is 2.29. The molecule has 2 aromatic heterocycles. The number of halogens is 1. The van der Waals surface area contributed by atoms with Gasteiger partial charge in [0.25, 0.3) is 0 Å². The number of fused-ring (bicyclic) bond motifs is 1. The van der Waals surface area contributed by atoms with Gasteiger partial charge in [0.1, 0.15) is 5.15 Å². The molecule has 0 aliphatic carbocycles. The van der Waals surface area contributed by atoms with Crippen LogP contribution in [-0.4, -0.2) is 21.8 Å². The summed E-state index contributed by atoms with van der Waals surface area (Å²) in [5, 5.41) is 2.75. The van der Waals surface area contributed by atoms with E-state index < -0.39 is 0 Å². The molecule has 1 unspecified atom stereocenters. The molecule has 20 heavy (non-hydrogen) atoms. The van der Waals surface area contributed by atoms with Crippen molar-refractivity contribution >= 4 is 34.4 Å². The number of carbonyl (C=O) groups excluding carboxylic acids is 2. The van der Waals surface area contributed by atoms with Crippen molar-refractivity contribution in [1.29, 1.82) is 0 Å². The van der Waals surface area contributed by atoms with E-state index in [2.05, 4.69) is 15.3 Å². The summed E-state index contributed by atoms with van der Waals surface area (Å²) in [4.78, 5) is 31.8. The molecule has 2 amide bonds. The molecule has 1 N–H and O–H groups in total. The van der Waals surface area contributed by atoms with Gasteiger partial charge in [-0.3, -0.25) is 19.9 Å². The third-order valence-corrected chi connectivity index (χ3v) is 3.69. The molecule has 0 radical (unpaired) electrons. The lowest BCUT2D eigenvalue weighted by Gasteiger charge is -2.22. The maximum absolute atomic E-state index is 12.0. The number of carbonyl (C=O) groups is 2. The second-order valence-corrected chi connectivity index (χ2v) is 5.23. The lowest BCUT2D eigenvalue weighted by atomic mass is 9.89. The molecule has 5 nitrogen and oxygen atoms in total. The number of hydrogen-bond acceptors (Lipinski definition) is 4. The van der Waals surface area contributed by atoms with Crippen LogP contribution in [-0.2, 0) is 9.59 Å². The largest absolute Gasteiger partial charge is 0.296 e. The van der Waals surface area contributed by atoms with Crippen LogP contribution in [0.15, 0.2) is 18.2 Å². The lowest BCUT2D eigenvalue weighted by molar-refractivity contribution is -0.134. The van der Waals surface area contributed by atoms with Crippen molar-refractivity contribution in [2.45, 2.75) is 25.7 Å². The van der Waals surface area contributed by atoms with Gasteiger partial charge in [0, 0.05) is 12.1 Å². The Morgan fingerprint density at radius 2 is 2.05 bits per heavy atom. The van der Waals surface area contributed by atoms with E-state index in [9.17, 15) is 9.59 Å². The number of rotatable bonds is 1. The predicted octanol–water partition coefficient (Wildman–Crippen LogP) is 2.11. The number of imide groups is 1. The molecular weight excluding hydrogens is 278 g/mol. The maximum atomic E-state index is 12.0. The van der Waals surface area contributed by atoms with Crippen LogP contribution >= 0.6 is 11.6 Å². The lowest BCUT2D eigenvalue weighted by Crippen LogP contribution is -2.39. The highest BCUT2D eigenvalue weighted by Gasteiger charge is 2.29. The Morgan fingerprint density at radius 3 is 2.80 bits per heavy atom. The molecule has 102 valence electrons. The average Bonchev–Trinajstić information content (AvgIpc) is 2.39. The van der Waals surface area contributed by atoms with E-state index in [1.54, 1.807) is 12.1 Å². The minimum atomic E-state index is -0.356. The normalized spacial score (nSPS) is 19.2. The minimum absolute atomic E-state index is 0.223. The zero-order valence-electron chi connectivity index (χ0n) is 10.8.